The number of hydrogen-bond donors (Lipinski definition) is 0. The second-order valence-corrected chi connectivity index (χ2v) is 17.7. The Bertz CT molecular complexity index is 2560. The molecule has 0 amide bonds. The van der Waals surface area contributed by atoms with Crippen LogP contribution in [0.4, 0.5) is 11.4 Å². The number of allylic oxidation sites excluding steroid dienone is 4. The molecular weight excluding hydrogens is 635 g/mol. The SMILES string of the molecule is C1=CC([Si](c2ccccc2)(c2ccccc2)c2cccc(-c3ccc4c(c3)oc3ccccc34)c2)C2C(=C1)N(c1ccccc1)c1ccccc12. The Morgan fingerprint density at radius 2 is 1.12 bits per heavy atom. The highest BCUT2D eigenvalue weighted by atomic mass is 28.3. The van der Waals surface area contributed by atoms with Gasteiger partial charge in [-0.15, -0.1) is 0 Å². The fourth-order valence-corrected chi connectivity index (χ4v) is 14.5. The molecule has 0 saturated carbocycles. The highest BCUT2D eigenvalue weighted by molar-refractivity contribution is 7.12. The third-order valence-corrected chi connectivity index (χ3v) is 16.3. The fourth-order valence-electron chi connectivity index (χ4n) is 8.92. The van der Waals surface area contributed by atoms with E-state index in [-0.39, 0.29) is 11.5 Å². The van der Waals surface area contributed by atoms with Gasteiger partial charge in [-0.3, -0.25) is 0 Å². The number of para-hydroxylation sites is 3. The molecule has 8 aromatic rings. The van der Waals surface area contributed by atoms with Gasteiger partial charge in [-0.1, -0.05) is 158 Å². The Kier molecular flexibility index (Phi) is 7.00. The van der Waals surface area contributed by atoms with Crippen molar-refractivity contribution in [1.29, 1.82) is 0 Å². The van der Waals surface area contributed by atoms with E-state index in [0.29, 0.717) is 0 Å². The largest absolute Gasteiger partial charge is 0.456 e. The van der Waals surface area contributed by atoms with Crippen LogP contribution in [0.3, 0.4) is 0 Å². The third kappa shape index (κ3) is 4.62. The zero-order valence-corrected chi connectivity index (χ0v) is 29.1. The monoisotopic (exact) mass is 669 g/mol. The minimum atomic E-state index is -2.83. The molecule has 0 bridgehead atoms. The van der Waals surface area contributed by atoms with Crippen LogP contribution in [0.1, 0.15) is 11.5 Å². The Labute approximate surface area is 299 Å². The van der Waals surface area contributed by atoms with Gasteiger partial charge in [-0.25, -0.2) is 0 Å². The second kappa shape index (κ2) is 12.0. The van der Waals surface area contributed by atoms with Crippen molar-refractivity contribution in [3.05, 3.63) is 211 Å². The summed E-state index contributed by atoms with van der Waals surface area (Å²) < 4.78 is 6.36. The summed E-state index contributed by atoms with van der Waals surface area (Å²) in [6.07, 6.45) is 7.20. The van der Waals surface area contributed by atoms with Crippen LogP contribution in [0.5, 0.6) is 0 Å². The minimum absolute atomic E-state index is 0.175. The van der Waals surface area contributed by atoms with Crippen molar-refractivity contribution >= 4 is 56.9 Å². The lowest BCUT2D eigenvalue weighted by atomic mass is 9.91. The van der Waals surface area contributed by atoms with Crippen LogP contribution in [-0.2, 0) is 0 Å². The third-order valence-electron chi connectivity index (χ3n) is 11.0. The number of fused-ring (bicyclic) bond motifs is 6. The molecule has 1 aliphatic heterocycles. The Balaban J connectivity index is 1.21. The van der Waals surface area contributed by atoms with E-state index in [1.165, 1.54) is 43.8 Å². The summed E-state index contributed by atoms with van der Waals surface area (Å²) in [6.45, 7) is 0. The molecule has 242 valence electrons. The van der Waals surface area contributed by atoms with Crippen LogP contribution < -0.4 is 20.5 Å². The molecule has 3 heteroatoms. The first kappa shape index (κ1) is 29.7. The van der Waals surface area contributed by atoms with Gasteiger partial charge in [0.1, 0.15) is 11.2 Å². The van der Waals surface area contributed by atoms with Crippen LogP contribution in [0.15, 0.2) is 210 Å². The average Bonchev–Trinajstić information content (AvgIpc) is 3.75. The van der Waals surface area contributed by atoms with Crippen LogP contribution in [0, 0.1) is 0 Å². The summed E-state index contributed by atoms with van der Waals surface area (Å²) in [5.41, 5.74) is 9.59. The Morgan fingerprint density at radius 3 is 1.90 bits per heavy atom. The first-order valence-corrected chi connectivity index (χ1v) is 19.8. The standard InChI is InChI=1S/C48H35NOSi/c1-4-17-36(18-5-1)49-43-26-12-10-25-42(43)48-44(49)27-15-29-47(48)51(37-19-6-2-7-20-37,38-21-8-3-9-22-38)39-23-14-16-34(32-39)35-30-31-41-40-24-11-13-28-45(40)50-46(41)33-35/h1-33,47-48H. The van der Waals surface area contributed by atoms with E-state index in [4.69, 9.17) is 4.42 Å². The van der Waals surface area contributed by atoms with Crippen LogP contribution in [0.2, 0.25) is 5.54 Å². The number of anilines is 2. The van der Waals surface area contributed by atoms with Crippen LogP contribution in [-0.4, -0.2) is 8.07 Å². The highest BCUT2D eigenvalue weighted by Crippen LogP contribution is 2.56. The van der Waals surface area contributed by atoms with E-state index in [2.05, 4.69) is 199 Å². The molecule has 2 heterocycles. The first-order valence-electron chi connectivity index (χ1n) is 17.8. The van der Waals surface area contributed by atoms with Crippen molar-refractivity contribution < 1.29 is 4.42 Å². The van der Waals surface area contributed by atoms with Gasteiger partial charge in [0, 0.05) is 33.8 Å². The van der Waals surface area contributed by atoms with E-state index in [1.54, 1.807) is 0 Å². The zero-order valence-electron chi connectivity index (χ0n) is 28.1. The number of rotatable bonds is 6. The fraction of sp³-hybridized carbons (Fsp3) is 0.0417. The van der Waals surface area contributed by atoms with E-state index < -0.39 is 8.07 Å². The summed E-state index contributed by atoms with van der Waals surface area (Å²) in [5, 5.41) is 6.52. The van der Waals surface area contributed by atoms with Crippen LogP contribution >= 0.6 is 0 Å². The van der Waals surface area contributed by atoms with Crippen molar-refractivity contribution in [2.24, 2.45) is 0 Å². The summed E-state index contributed by atoms with van der Waals surface area (Å²) in [4.78, 5) is 2.49. The second-order valence-electron chi connectivity index (χ2n) is 13.6. The van der Waals surface area contributed by atoms with Gasteiger partial charge in [-0.2, -0.15) is 0 Å². The van der Waals surface area contributed by atoms with E-state index in [9.17, 15) is 0 Å². The van der Waals surface area contributed by atoms with Gasteiger partial charge in [0.15, 0.2) is 8.07 Å². The summed E-state index contributed by atoms with van der Waals surface area (Å²) >= 11 is 0. The minimum Gasteiger partial charge on any atom is -0.456 e. The summed E-state index contributed by atoms with van der Waals surface area (Å²) in [5.74, 6) is 0.175. The molecule has 51 heavy (non-hydrogen) atoms. The molecule has 1 aliphatic carbocycles. The lowest BCUT2D eigenvalue weighted by Crippen LogP contribution is -2.70. The molecule has 2 nitrogen and oxygen atoms in total. The molecule has 0 saturated heterocycles. The average molecular weight is 670 g/mol. The first-order chi connectivity index (χ1) is 25.3. The molecule has 0 fully saturated rings. The molecule has 0 spiro atoms. The van der Waals surface area contributed by atoms with E-state index in [1.807, 2.05) is 6.07 Å². The molecule has 0 N–H and O–H groups in total. The Hall–Kier alpha value is -6.16. The molecule has 10 rings (SSSR count). The highest BCUT2D eigenvalue weighted by Gasteiger charge is 2.53. The molecule has 0 radical (unpaired) electrons. The number of hydrogen-bond acceptors (Lipinski definition) is 2. The lowest BCUT2D eigenvalue weighted by molar-refractivity contribution is 0.669. The van der Waals surface area contributed by atoms with Gasteiger partial charge in [0.05, 0.1) is 0 Å². The topological polar surface area (TPSA) is 16.4 Å². The van der Waals surface area contributed by atoms with Crippen molar-refractivity contribution in [2.45, 2.75) is 11.5 Å². The molecule has 1 aromatic heterocycles. The number of benzene rings is 7. The van der Waals surface area contributed by atoms with Gasteiger partial charge < -0.3 is 9.32 Å². The van der Waals surface area contributed by atoms with Crippen molar-refractivity contribution in [3.8, 4) is 11.1 Å². The summed E-state index contributed by atoms with van der Waals surface area (Å²) in [7, 11) is -2.83. The number of nitrogens with zero attached hydrogens (tertiary/aromatic N) is 1. The van der Waals surface area contributed by atoms with Crippen molar-refractivity contribution in [3.63, 3.8) is 0 Å². The maximum Gasteiger partial charge on any atom is 0.155 e. The Morgan fingerprint density at radius 1 is 0.490 bits per heavy atom. The van der Waals surface area contributed by atoms with E-state index in [0.717, 1.165) is 27.5 Å². The lowest BCUT2D eigenvalue weighted by Gasteiger charge is -2.44. The van der Waals surface area contributed by atoms with Crippen molar-refractivity contribution in [1.82, 2.24) is 0 Å². The van der Waals surface area contributed by atoms with Gasteiger partial charge in [0.25, 0.3) is 0 Å². The predicted molar refractivity (Wildman–Crippen MR) is 215 cm³/mol. The quantitative estimate of drug-likeness (QED) is 0.129. The molecule has 2 aliphatic rings. The maximum atomic E-state index is 6.36. The zero-order chi connectivity index (χ0) is 33.8. The van der Waals surface area contributed by atoms with Gasteiger partial charge in [0.2, 0.25) is 0 Å². The van der Waals surface area contributed by atoms with Crippen LogP contribution in [0.25, 0.3) is 33.1 Å². The predicted octanol–water partition coefficient (Wildman–Crippen LogP) is 10.5. The maximum absolute atomic E-state index is 6.36. The summed E-state index contributed by atoms with van der Waals surface area (Å²) in [6, 6.07) is 67.0. The van der Waals surface area contributed by atoms with E-state index >= 15 is 0 Å². The van der Waals surface area contributed by atoms with Gasteiger partial charge in [-0.05, 0) is 80.3 Å². The molecular formula is C48H35NOSi. The molecule has 2 atom stereocenters. The van der Waals surface area contributed by atoms with Crippen molar-refractivity contribution in [2.75, 3.05) is 4.90 Å². The normalized spacial score (nSPS) is 16.6. The molecule has 7 aromatic carbocycles. The molecule has 2 unspecified atom stereocenters. The smallest absolute Gasteiger partial charge is 0.155 e. The van der Waals surface area contributed by atoms with Gasteiger partial charge >= 0.3 is 0 Å². The number of furan rings is 1.